The third-order valence-corrected chi connectivity index (χ3v) is 6.06. The minimum Gasteiger partial charge on any atom is -0.447 e. The molecule has 1 spiro atoms. The second-order valence-corrected chi connectivity index (χ2v) is 8.31. The maximum absolute atomic E-state index is 12.7. The minimum atomic E-state index is -4.72. The number of carbonyl (C=O) groups excluding carboxylic acids is 2. The SMILES string of the molecule is Cc1cc(OC(F)(F)F)cc(C2CCN(C(=O)C3CC4(COC(=O)N4)C3)CC2)c1. The second-order valence-electron chi connectivity index (χ2n) is 8.31. The maximum Gasteiger partial charge on any atom is 0.573 e. The summed E-state index contributed by atoms with van der Waals surface area (Å²) >= 11 is 0. The molecule has 3 fully saturated rings. The molecule has 1 N–H and O–H groups in total. The highest BCUT2D eigenvalue weighted by Crippen LogP contribution is 2.42. The number of nitrogens with one attached hydrogen (secondary N) is 1. The first-order valence-corrected chi connectivity index (χ1v) is 9.74. The monoisotopic (exact) mass is 412 g/mol. The summed E-state index contributed by atoms with van der Waals surface area (Å²) in [5.41, 5.74) is 1.14. The third kappa shape index (κ3) is 4.28. The Balaban J connectivity index is 1.33. The Labute approximate surface area is 166 Å². The molecule has 2 heterocycles. The Morgan fingerprint density at radius 1 is 1.24 bits per heavy atom. The van der Waals surface area contributed by atoms with E-state index in [0.717, 1.165) is 5.56 Å². The molecular weight excluding hydrogens is 389 g/mol. The van der Waals surface area contributed by atoms with Crippen LogP contribution in [0.1, 0.15) is 42.7 Å². The van der Waals surface area contributed by atoms with E-state index in [1.54, 1.807) is 6.92 Å². The summed E-state index contributed by atoms with van der Waals surface area (Å²) in [5.74, 6) is -0.142. The first kappa shape index (κ1) is 19.8. The van der Waals surface area contributed by atoms with E-state index in [9.17, 15) is 22.8 Å². The average Bonchev–Trinajstić information content (AvgIpc) is 3.00. The van der Waals surface area contributed by atoms with Gasteiger partial charge in [-0.25, -0.2) is 4.79 Å². The van der Waals surface area contributed by atoms with Crippen molar-refractivity contribution in [3.63, 3.8) is 0 Å². The van der Waals surface area contributed by atoms with Crippen LogP contribution >= 0.6 is 0 Å². The van der Waals surface area contributed by atoms with Gasteiger partial charge in [0.1, 0.15) is 12.4 Å². The van der Waals surface area contributed by atoms with Gasteiger partial charge in [0.25, 0.3) is 0 Å². The molecule has 6 nitrogen and oxygen atoms in total. The van der Waals surface area contributed by atoms with E-state index in [2.05, 4.69) is 10.1 Å². The van der Waals surface area contributed by atoms with Crippen molar-refractivity contribution in [2.24, 2.45) is 5.92 Å². The summed E-state index contributed by atoms with van der Waals surface area (Å²) in [4.78, 5) is 25.8. The molecule has 2 amide bonds. The predicted octanol–water partition coefficient (Wildman–Crippen LogP) is 3.49. The van der Waals surface area contributed by atoms with Crippen LogP contribution in [0.2, 0.25) is 0 Å². The number of rotatable bonds is 3. The van der Waals surface area contributed by atoms with Crippen molar-refractivity contribution in [2.45, 2.75) is 50.4 Å². The molecular formula is C20H23F3N2O4. The van der Waals surface area contributed by atoms with E-state index >= 15 is 0 Å². The summed E-state index contributed by atoms with van der Waals surface area (Å²) in [5, 5.41) is 2.79. The number of halogens is 3. The van der Waals surface area contributed by atoms with Crippen LogP contribution in [0.5, 0.6) is 5.75 Å². The summed E-state index contributed by atoms with van der Waals surface area (Å²) < 4.78 is 46.6. The number of likely N-dealkylation sites (tertiary alicyclic amines) is 1. The number of alkyl carbamates (subject to hydrolysis) is 1. The number of cyclic esters (lactones) is 1. The Bertz CT molecular complexity index is 812. The lowest BCUT2D eigenvalue weighted by Gasteiger charge is -2.45. The van der Waals surface area contributed by atoms with Crippen molar-refractivity contribution in [3.05, 3.63) is 29.3 Å². The predicted molar refractivity (Wildman–Crippen MR) is 96.4 cm³/mol. The molecule has 4 rings (SSSR count). The van der Waals surface area contributed by atoms with E-state index in [-0.39, 0.29) is 29.0 Å². The van der Waals surface area contributed by atoms with Gasteiger partial charge in [-0.15, -0.1) is 13.2 Å². The van der Waals surface area contributed by atoms with Gasteiger partial charge in [0.05, 0.1) is 5.54 Å². The van der Waals surface area contributed by atoms with Crippen LogP contribution in [-0.4, -0.2) is 48.5 Å². The molecule has 1 saturated carbocycles. The summed E-state index contributed by atoms with van der Waals surface area (Å²) in [6.45, 7) is 3.19. The number of nitrogens with zero attached hydrogens (tertiary/aromatic N) is 1. The van der Waals surface area contributed by atoms with Gasteiger partial charge in [-0.3, -0.25) is 4.79 Å². The molecule has 0 aromatic heterocycles. The van der Waals surface area contributed by atoms with Crippen molar-refractivity contribution in [1.29, 1.82) is 0 Å². The Kier molecular flexibility index (Phi) is 4.86. The number of ether oxygens (including phenoxy) is 2. The third-order valence-electron chi connectivity index (χ3n) is 6.06. The van der Waals surface area contributed by atoms with Crippen LogP contribution in [0.15, 0.2) is 18.2 Å². The molecule has 2 saturated heterocycles. The highest BCUT2D eigenvalue weighted by Gasteiger charge is 2.53. The minimum absolute atomic E-state index is 0.0839. The highest BCUT2D eigenvalue weighted by molar-refractivity contribution is 5.81. The molecule has 29 heavy (non-hydrogen) atoms. The van der Waals surface area contributed by atoms with Crippen LogP contribution in [0, 0.1) is 12.8 Å². The smallest absolute Gasteiger partial charge is 0.447 e. The molecule has 0 radical (unpaired) electrons. The fourth-order valence-corrected chi connectivity index (χ4v) is 4.67. The van der Waals surface area contributed by atoms with Crippen molar-refractivity contribution in [2.75, 3.05) is 19.7 Å². The zero-order chi connectivity index (χ0) is 20.8. The van der Waals surface area contributed by atoms with Gasteiger partial charge >= 0.3 is 12.5 Å². The maximum atomic E-state index is 12.7. The molecule has 9 heteroatoms. The highest BCUT2D eigenvalue weighted by atomic mass is 19.4. The second kappa shape index (κ2) is 7.11. The van der Waals surface area contributed by atoms with E-state index < -0.39 is 12.5 Å². The number of hydrogen-bond acceptors (Lipinski definition) is 4. The molecule has 2 aliphatic heterocycles. The Morgan fingerprint density at radius 2 is 1.93 bits per heavy atom. The van der Waals surface area contributed by atoms with E-state index in [1.165, 1.54) is 12.1 Å². The molecule has 1 aromatic carbocycles. The molecule has 1 aliphatic carbocycles. The zero-order valence-electron chi connectivity index (χ0n) is 16.1. The number of hydrogen-bond donors (Lipinski definition) is 1. The first-order chi connectivity index (χ1) is 13.6. The van der Waals surface area contributed by atoms with Crippen molar-refractivity contribution < 1.29 is 32.2 Å². The van der Waals surface area contributed by atoms with Crippen molar-refractivity contribution in [3.8, 4) is 5.75 Å². The van der Waals surface area contributed by atoms with Crippen molar-refractivity contribution in [1.82, 2.24) is 10.2 Å². The number of amides is 2. The van der Waals surface area contributed by atoms with Crippen LogP contribution in [-0.2, 0) is 9.53 Å². The fourth-order valence-electron chi connectivity index (χ4n) is 4.67. The molecule has 1 aromatic rings. The zero-order valence-corrected chi connectivity index (χ0v) is 16.1. The van der Waals surface area contributed by atoms with Gasteiger partial charge in [-0.05, 0) is 61.8 Å². The van der Waals surface area contributed by atoms with Crippen LogP contribution in [0.3, 0.4) is 0 Å². The molecule has 158 valence electrons. The van der Waals surface area contributed by atoms with Crippen LogP contribution in [0.4, 0.5) is 18.0 Å². The molecule has 0 unspecified atom stereocenters. The summed E-state index contributed by atoms with van der Waals surface area (Å²) in [6.07, 6.45) is -2.58. The number of piperidine rings is 1. The largest absolute Gasteiger partial charge is 0.573 e. The average molecular weight is 412 g/mol. The van der Waals surface area contributed by atoms with E-state index in [1.807, 2.05) is 11.0 Å². The Hall–Kier alpha value is -2.45. The van der Waals surface area contributed by atoms with E-state index in [4.69, 9.17) is 4.74 Å². The van der Waals surface area contributed by atoms with Crippen LogP contribution < -0.4 is 10.1 Å². The molecule has 0 bridgehead atoms. The number of aryl methyl sites for hydroxylation is 1. The van der Waals surface area contributed by atoms with Gasteiger partial charge < -0.3 is 19.7 Å². The number of carbonyl (C=O) groups is 2. The van der Waals surface area contributed by atoms with Crippen molar-refractivity contribution >= 4 is 12.0 Å². The summed E-state index contributed by atoms with van der Waals surface area (Å²) in [7, 11) is 0. The normalized spacial score (nSPS) is 27.4. The van der Waals surface area contributed by atoms with E-state index in [0.29, 0.717) is 50.9 Å². The Morgan fingerprint density at radius 3 is 2.52 bits per heavy atom. The van der Waals surface area contributed by atoms with Gasteiger partial charge in [0, 0.05) is 19.0 Å². The van der Waals surface area contributed by atoms with Gasteiger partial charge in [0.2, 0.25) is 5.91 Å². The lowest BCUT2D eigenvalue weighted by Crippen LogP contribution is -2.58. The first-order valence-electron chi connectivity index (χ1n) is 9.74. The van der Waals surface area contributed by atoms with Gasteiger partial charge in [-0.2, -0.15) is 0 Å². The topological polar surface area (TPSA) is 67.9 Å². The molecule has 0 atom stereocenters. The quantitative estimate of drug-likeness (QED) is 0.825. The number of alkyl halides is 3. The van der Waals surface area contributed by atoms with Gasteiger partial charge in [-0.1, -0.05) is 6.07 Å². The summed E-state index contributed by atoms with van der Waals surface area (Å²) in [6, 6.07) is 4.69. The standard InChI is InChI=1S/C20H23F3N2O4/c1-12-6-14(8-16(7-12)29-20(21,22)23)13-2-4-25(5-3-13)17(26)15-9-19(10-15)11-28-18(27)24-19/h6-8,13,15H,2-5,9-11H2,1H3,(H,24,27). The fraction of sp³-hybridized carbons (Fsp3) is 0.600. The van der Waals surface area contributed by atoms with Gasteiger partial charge in [0.15, 0.2) is 0 Å². The molecule has 3 aliphatic rings. The van der Waals surface area contributed by atoms with Crippen LogP contribution in [0.25, 0.3) is 0 Å². The number of benzene rings is 1. The lowest BCUT2D eigenvalue weighted by molar-refractivity contribution is -0.274. The lowest BCUT2D eigenvalue weighted by atomic mass is 9.68.